The van der Waals surface area contributed by atoms with Crippen LogP contribution in [-0.4, -0.2) is 27.3 Å². The minimum atomic E-state index is -4.59. The van der Waals surface area contributed by atoms with Gasteiger partial charge in [-0.2, -0.15) is 18.3 Å². The van der Waals surface area contributed by atoms with E-state index in [-0.39, 0.29) is 24.3 Å². The zero-order chi connectivity index (χ0) is 21.9. The molecule has 30 heavy (non-hydrogen) atoms. The number of thiazole rings is 1. The number of halogens is 3. The fourth-order valence-corrected chi connectivity index (χ4v) is 3.67. The topological polar surface area (TPSA) is 88.9 Å². The van der Waals surface area contributed by atoms with Gasteiger partial charge in [-0.05, 0) is 32.0 Å². The van der Waals surface area contributed by atoms with Crippen molar-refractivity contribution in [2.45, 2.75) is 26.6 Å². The molecule has 3 aromatic rings. The van der Waals surface area contributed by atoms with Crippen LogP contribution in [0, 0.1) is 13.8 Å². The number of alkyl halides is 3. The molecule has 3 rings (SSSR count). The average Bonchev–Trinajstić information content (AvgIpc) is 3.01. The highest BCUT2D eigenvalue weighted by atomic mass is 32.1. The first-order chi connectivity index (χ1) is 14.1. The van der Waals surface area contributed by atoms with Crippen LogP contribution in [0.4, 0.5) is 23.7 Å². The molecule has 158 valence electrons. The van der Waals surface area contributed by atoms with Crippen LogP contribution in [0.2, 0.25) is 0 Å². The van der Waals surface area contributed by atoms with E-state index in [1.54, 1.807) is 6.07 Å². The largest absolute Gasteiger partial charge is 0.418 e. The van der Waals surface area contributed by atoms with Gasteiger partial charge in [-0.1, -0.05) is 12.1 Å². The molecule has 1 aromatic carbocycles. The van der Waals surface area contributed by atoms with Gasteiger partial charge in [-0.25, -0.2) is 14.5 Å². The molecule has 2 heterocycles. The van der Waals surface area contributed by atoms with Gasteiger partial charge >= 0.3 is 12.2 Å². The van der Waals surface area contributed by atoms with Gasteiger partial charge in [0.1, 0.15) is 5.69 Å². The number of rotatable bonds is 5. The third-order valence-corrected chi connectivity index (χ3v) is 5.19. The van der Waals surface area contributed by atoms with E-state index in [9.17, 15) is 22.8 Å². The smallest absolute Gasteiger partial charge is 0.336 e. The standard InChI is InChI=1S/C19H18F3N5O2S/c1-11-17(30-12(2)24-11)15-7-8-16(28)27(26-15)10-9-23-18(29)25-14-6-4-3-5-13(14)19(20,21)22/h3-8H,9-10H2,1-2H3,(H2,23,25,29). The number of nitrogens with zero attached hydrogens (tertiary/aromatic N) is 3. The minimum absolute atomic E-state index is 0.00290. The molecule has 0 saturated carbocycles. The van der Waals surface area contributed by atoms with Crippen molar-refractivity contribution >= 4 is 23.1 Å². The van der Waals surface area contributed by atoms with Crippen molar-refractivity contribution in [1.82, 2.24) is 20.1 Å². The summed E-state index contributed by atoms with van der Waals surface area (Å²) in [7, 11) is 0. The Bertz CT molecular complexity index is 1120. The highest BCUT2D eigenvalue weighted by molar-refractivity contribution is 7.15. The molecule has 0 aliphatic carbocycles. The molecular formula is C19H18F3N5O2S. The molecule has 0 aliphatic rings. The molecule has 0 fully saturated rings. The molecular weight excluding hydrogens is 419 g/mol. The van der Waals surface area contributed by atoms with Crippen molar-refractivity contribution in [2.24, 2.45) is 0 Å². The maximum atomic E-state index is 13.0. The monoisotopic (exact) mass is 437 g/mol. The summed E-state index contributed by atoms with van der Waals surface area (Å²) in [5.41, 5.74) is -0.267. The normalized spacial score (nSPS) is 11.4. The molecule has 2 N–H and O–H groups in total. The van der Waals surface area contributed by atoms with E-state index in [4.69, 9.17) is 0 Å². The van der Waals surface area contributed by atoms with E-state index in [2.05, 4.69) is 20.7 Å². The van der Waals surface area contributed by atoms with Crippen molar-refractivity contribution in [3.05, 3.63) is 63.0 Å². The SMILES string of the molecule is Cc1nc(C)c(-c2ccc(=O)n(CCNC(=O)Nc3ccccc3C(F)(F)F)n2)s1. The molecule has 11 heteroatoms. The summed E-state index contributed by atoms with van der Waals surface area (Å²) in [5.74, 6) is 0. The highest BCUT2D eigenvalue weighted by Gasteiger charge is 2.33. The summed E-state index contributed by atoms with van der Waals surface area (Å²) in [5, 5.41) is 9.79. The van der Waals surface area contributed by atoms with E-state index < -0.39 is 17.8 Å². The lowest BCUT2D eigenvalue weighted by molar-refractivity contribution is -0.136. The molecule has 0 saturated heterocycles. The predicted octanol–water partition coefficient (Wildman–Crippen LogP) is 3.82. The number of nitrogens with one attached hydrogen (secondary N) is 2. The summed E-state index contributed by atoms with van der Waals surface area (Å²) in [6, 6.07) is 6.84. The van der Waals surface area contributed by atoms with Gasteiger partial charge in [-0.3, -0.25) is 4.79 Å². The number of aryl methyl sites for hydroxylation is 2. The summed E-state index contributed by atoms with van der Waals surface area (Å²) in [6.45, 7) is 3.77. The van der Waals surface area contributed by atoms with Crippen LogP contribution < -0.4 is 16.2 Å². The number of hydrogen-bond donors (Lipinski definition) is 2. The second-order valence-corrected chi connectivity index (χ2v) is 7.55. The number of anilines is 1. The van der Waals surface area contributed by atoms with Crippen LogP contribution in [0.25, 0.3) is 10.6 Å². The molecule has 0 aliphatic heterocycles. The fourth-order valence-electron chi connectivity index (χ4n) is 2.78. The Morgan fingerprint density at radius 3 is 2.57 bits per heavy atom. The lowest BCUT2D eigenvalue weighted by Gasteiger charge is -2.14. The Morgan fingerprint density at radius 2 is 1.90 bits per heavy atom. The molecule has 0 radical (unpaired) electrons. The lowest BCUT2D eigenvalue weighted by atomic mass is 10.1. The van der Waals surface area contributed by atoms with Gasteiger partial charge in [0.15, 0.2) is 0 Å². The van der Waals surface area contributed by atoms with Crippen LogP contribution in [-0.2, 0) is 12.7 Å². The number of amides is 2. The van der Waals surface area contributed by atoms with Crippen LogP contribution in [0.15, 0.2) is 41.2 Å². The quantitative estimate of drug-likeness (QED) is 0.635. The lowest BCUT2D eigenvalue weighted by Crippen LogP contribution is -2.34. The van der Waals surface area contributed by atoms with Gasteiger partial charge < -0.3 is 10.6 Å². The van der Waals surface area contributed by atoms with Gasteiger partial charge in [0.25, 0.3) is 5.56 Å². The fraction of sp³-hybridized carbons (Fsp3) is 0.263. The first-order valence-electron chi connectivity index (χ1n) is 8.89. The van der Waals surface area contributed by atoms with Crippen LogP contribution >= 0.6 is 11.3 Å². The Hall–Kier alpha value is -3.21. The third-order valence-electron chi connectivity index (χ3n) is 4.09. The molecule has 0 atom stereocenters. The molecule has 7 nitrogen and oxygen atoms in total. The highest BCUT2D eigenvalue weighted by Crippen LogP contribution is 2.34. The number of benzene rings is 1. The number of para-hydroxylation sites is 1. The molecule has 0 spiro atoms. The molecule has 0 bridgehead atoms. The van der Waals surface area contributed by atoms with Gasteiger partial charge in [0, 0.05) is 12.6 Å². The van der Waals surface area contributed by atoms with Gasteiger partial charge in [0.2, 0.25) is 0 Å². The summed E-state index contributed by atoms with van der Waals surface area (Å²) >= 11 is 1.45. The van der Waals surface area contributed by atoms with Crippen LogP contribution in [0.5, 0.6) is 0 Å². The first kappa shape index (κ1) is 21.5. The third kappa shape index (κ3) is 5.03. The number of carbonyl (C=O) groups is 1. The van der Waals surface area contributed by atoms with E-state index >= 15 is 0 Å². The maximum Gasteiger partial charge on any atom is 0.418 e. The zero-order valence-electron chi connectivity index (χ0n) is 16.1. The second kappa shape index (κ2) is 8.66. The molecule has 0 unspecified atom stereocenters. The van der Waals surface area contributed by atoms with E-state index in [0.29, 0.717) is 5.69 Å². The van der Waals surface area contributed by atoms with E-state index in [0.717, 1.165) is 27.7 Å². The van der Waals surface area contributed by atoms with Crippen LogP contribution in [0.3, 0.4) is 0 Å². The van der Waals surface area contributed by atoms with Crippen molar-refractivity contribution < 1.29 is 18.0 Å². The number of urea groups is 1. The van der Waals surface area contributed by atoms with Crippen molar-refractivity contribution in [1.29, 1.82) is 0 Å². The Morgan fingerprint density at radius 1 is 1.17 bits per heavy atom. The number of aromatic nitrogens is 3. The number of hydrogen-bond acceptors (Lipinski definition) is 5. The second-order valence-electron chi connectivity index (χ2n) is 6.35. The molecule has 2 aromatic heterocycles. The van der Waals surface area contributed by atoms with Crippen molar-refractivity contribution in [2.75, 3.05) is 11.9 Å². The maximum absolute atomic E-state index is 13.0. The van der Waals surface area contributed by atoms with Gasteiger partial charge in [-0.15, -0.1) is 11.3 Å². The first-order valence-corrected chi connectivity index (χ1v) is 9.70. The van der Waals surface area contributed by atoms with Crippen LogP contribution in [0.1, 0.15) is 16.3 Å². The van der Waals surface area contributed by atoms with Gasteiger partial charge in [0.05, 0.1) is 33.4 Å². The summed E-state index contributed by atoms with van der Waals surface area (Å²) in [4.78, 5) is 29.2. The average molecular weight is 437 g/mol. The Labute approximate surface area is 173 Å². The zero-order valence-corrected chi connectivity index (χ0v) is 16.9. The minimum Gasteiger partial charge on any atom is -0.336 e. The number of carbonyl (C=O) groups excluding carboxylic acids is 1. The summed E-state index contributed by atoms with van der Waals surface area (Å²) < 4.78 is 40.2. The van der Waals surface area contributed by atoms with Crippen molar-refractivity contribution in [3.8, 4) is 10.6 Å². The van der Waals surface area contributed by atoms with E-state index in [1.807, 2.05) is 13.8 Å². The Kier molecular flexibility index (Phi) is 6.20. The molecule has 2 amide bonds. The van der Waals surface area contributed by atoms with Crippen molar-refractivity contribution in [3.63, 3.8) is 0 Å². The Balaban J connectivity index is 1.65. The predicted molar refractivity (Wildman–Crippen MR) is 108 cm³/mol. The summed E-state index contributed by atoms with van der Waals surface area (Å²) in [6.07, 6.45) is -4.59. The van der Waals surface area contributed by atoms with E-state index in [1.165, 1.54) is 34.2 Å².